The summed E-state index contributed by atoms with van der Waals surface area (Å²) in [6, 6.07) is 15.1. The van der Waals surface area contributed by atoms with E-state index >= 15 is 0 Å². The molecule has 168 valence electrons. The Morgan fingerprint density at radius 3 is 2.36 bits per heavy atom. The number of aromatic nitrogens is 3. The fourth-order valence-electron chi connectivity index (χ4n) is 3.78. The lowest BCUT2D eigenvalue weighted by molar-refractivity contribution is -0.116. The molecule has 2 heterocycles. The number of aryl methyl sites for hydroxylation is 2. The van der Waals surface area contributed by atoms with Gasteiger partial charge in [-0.2, -0.15) is 5.10 Å². The van der Waals surface area contributed by atoms with Crippen LogP contribution in [0, 0.1) is 19.7 Å². The van der Waals surface area contributed by atoms with E-state index in [4.69, 9.17) is 0 Å². The van der Waals surface area contributed by atoms with Gasteiger partial charge in [-0.15, -0.1) is 0 Å². The lowest BCUT2D eigenvalue weighted by Crippen LogP contribution is -2.14. The minimum Gasteiger partial charge on any atom is -0.326 e. The van der Waals surface area contributed by atoms with Gasteiger partial charge in [-0.3, -0.25) is 9.59 Å². The molecule has 8 heteroatoms. The molecule has 2 aromatic heterocycles. The fourth-order valence-corrected chi connectivity index (χ4v) is 3.78. The van der Waals surface area contributed by atoms with Gasteiger partial charge in [0, 0.05) is 47.7 Å². The third-order valence-electron chi connectivity index (χ3n) is 5.38. The molecule has 0 aliphatic carbocycles. The van der Waals surface area contributed by atoms with Crippen molar-refractivity contribution in [3.63, 3.8) is 0 Å². The van der Waals surface area contributed by atoms with Gasteiger partial charge in [-0.1, -0.05) is 12.1 Å². The molecule has 0 fully saturated rings. The first-order chi connectivity index (χ1) is 15.8. The number of carbonyl (C=O) groups is 2. The van der Waals surface area contributed by atoms with E-state index in [2.05, 4.69) is 20.7 Å². The zero-order valence-electron chi connectivity index (χ0n) is 18.6. The van der Waals surface area contributed by atoms with Gasteiger partial charge in [0.1, 0.15) is 5.82 Å². The highest BCUT2D eigenvalue weighted by atomic mass is 19.1. The zero-order valence-corrected chi connectivity index (χ0v) is 18.6. The van der Waals surface area contributed by atoms with E-state index < -0.39 is 0 Å². The van der Waals surface area contributed by atoms with Crippen LogP contribution >= 0.6 is 0 Å². The number of nitrogens with one attached hydrogen (secondary N) is 2. The first kappa shape index (κ1) is 22.1. The standard InChI is InChI=1S/C25H24FN5O2/c1-15-22(11-12-25(33)29-21-9-7-20(8-10-21)28-17(3)32)16(2)31-24(27-15)14-23(30-31)18-5-4-6-19(26)13-18/h4-10,13-14H,11-12H2,1-3H3,(H,28,32)(H,29,33). The summed E-state index contributed by atoms with van der Waals surface area (Å²) in [6.07, 6.45) is 0.784. The molecule has 0 unspecified atom stereocenters. The maximum atomic E-state index is 13.6. The summed E-state index contributed by atoms with van der Waals surface area (Å²) >= 11 is 0. The quantitative estimate of drug-likeness (QED) is 0.451. The number of hydrogen-bond acceptors (Lipinski definition) is 4. The maximum absolute atomic E-state index is 13.6. The summed E-state index contributed by atoms with van der Waals surface area (Å²) in [7, 11) is 0. The molecule has 2 amide bonds. The number of halogens is 1. The summed E-state index contributed by atoms with van der Waals surface area (Å²) in [5, 5.41) is 10.2. The van der Waals surface area contributed by atoms with E-state index in [1.807, 2.05) is 19.9 Å². The van der Waals surface area contributed by atoms with E-state index in [-0.39, 0.29) is 24.1 Å². The van der Waals surface area contributed by atoms with E-state index in [0.717, 1.165) is 17.0 Å². The Kier molecular flexibility index (Phi) is 6.17. The SMILES string of the molecule is CC(=O)Nc1ccc(NC(=O)CCc2c(C)nc3cc(-c4cccc(F)c4)nn3c2C)cc1. The van der Waals surface area contributed by atoms with Gasteiger partial charge < -0.3 is 10.6 Å². The largest absolute Gasteiger partial charge is 0.326 e. The van der Waals surface area contributed by atoms with Gasteiger partial charge in [-0.25, -0.2) is 13.9 Å². The van der Waals surface area contributed by atoms with Crippen LogP contribution in [-0.2, 0) is 16.0 Å². The maximum Gasteiger partial charge on any atom is 0.224 e. The number of anilines is 2. The number of hydrogen-bond donors (Lipinski definition) is 2. The minimum atomic E-state index is -0.318. The molecular weight excluding hydrogens is 421 g/mol. The van der Waals surface area contributed by atoms with Crippen LogP contribution in [0.5, 0.6) is 0 Å². The fraction of sp³-hybridized carbons (Fsp3) is 0.200. The highest BCUT2D eigenvalue weighted by Gasteiger charge is 2.15. The zero-order chi connectivity index (χ0) is 23.5. The number of nitrogens with zero attached hydrogens (tertiary/aromatic N) is 3. The Labute approximate surface area is 190 Å². The number of fused-ring (bicyclic) bond motifs is 1. The predicted molar refractivity (Wildman–Crippen MR) is 126 cm³/mol. The molecule has 2 aromatic carbocycles. The highest BCUT2D eigenvalue weighted by molar-refractivity contribution is 5.92. The Morgan fingerprint density at radius 2 is 1.70 bits per heavy atom. The Morgan fingerprint density at radius 1 is 1.00 bits per heavy atom. The van der Waals surface area contributed by atoms with Gasteiger partial charge in [0.25, 0.3) is 0 Å². The van der Waals surface area contributed by atoms with Crippen LogP contribution in [-0.4, -0.2) is 26.4 Å². The second-order valence-corrected chi connectivity index (χ2v) is 7.88. The number of rotatable bonds is 6. The van der Waals surface area contributed by atoms with Crippen molar-refractivity contribution in [2.75, 3.05) is 10.6 Å². The molecule has 7 nitrogen and oxygen atoms in total. The smallest absolute Gasteiger partial charge is 0.224 e. The normalized spacial score (nSPS) is 10.9. The van der Waals surface area contributed by atoms with E-state index in [0.29, 0.717) is 34.7 Å². The molecule has 0 aliphatic heterocycles. The van der Waals surface area contributed by atoms with Crippen molar-refractivity contribution >= 4 is 28.8 Å². The minimum absolute atomic E-state index is 0.123. The van der Waals surface area contributed by atoms with Crippen LogP contribution in [0.4, 0.5) is 15.8 Å². The van der Waals surface area contributed by atoms with Crippen molar-refractivity contribution in [1.29, 1.82) is 0 Å². The Bertz CT molecular complexity index is 1350. The first-order valence-electron chi connectivity index (χ1n) is 10.6. The van der Waals surface area contributed by atoms with Crippen LogP contribution in [0.1, 0.15) is 30.3 Å². The van der Waals surface area contributed by atoms with Crippen LogP contribution in [0.15, 0.2) is 54.6 Å². The summed E-state index contributed by atoms with van der Waals surface area (Å²) in [5.74, 6) is -0.590. The molecule has 2 N–H and O–H groups in total. The Hall–Kier alpha value is -4.07. The molecule has 0 saturated carbocycles. The second-order valence-electron chi connectivity index (χ2n) is 7.88. The average molecular weight is 445 g/mol. The Balaban J connectivity index is 1.48. The van der Waals surface area contributed by atoms with Crippen LogP contribution in [0.3, 0.4) is 0 Å². The topological polar surface area (TPSA) is 88.4 Å². The van der Waals surface area contributed by atoms with E-state index in [9.17, 15) is 14.0 Å². The van der Waals surface area contributed by atoms with Crippen LogP contribution in [0.25, 0.3) is 16.9 Å². The molecule has 0 saturated heterocycles. The molecular formula is C25H24FN5O2. The van der Waals surface area contributed by atoms with Crippen molar-refractivity contribution in [2.24, 2.45) is 0 Å². The summed E-state index contributed by atoms with van der Waals surface area (Å²) < 4.78 is 15.4. The predicted octanol–water partition coefficient (Wildman–Crippen LogP) is 4.68. The summed E-state index contributed by atoms with van der Waals surface area (Å²) in [6.45, 7) is 5.30. The van der Waals surface area contributed by atoms with Crippen LogP contribution < -0.4 is 10.6 Å². The molecule has 0 atom stereocenters. The van der Waals surface area contributed by atoms with Gasteiger partial charge in [0.15, 0.2) is 5.65 Å². The molecule has 0 bridgehead atoms. The van der Waals surface area contributed by atoms with Gasteiger partial charge in [0.05, 0.1) is 5.69 Å². The van der Waals surface area contributed by atoms with E-state index in [1.165, 1.54) is 19.1 Å². The van der Waals surface area contributed by atoms with E-state index in [1.54, 1.807) is 40.9 Å². The molecule has 4 rings (SSSR count). The van der Waals surface area contributed by atoms with Crippen molar-refractivity contribution in [3.8, 4) is 11.3 Å². The third kappa shape index (κ3) is 5.06. The summed E-state index contributed by atoms with van der Waals surface area (Å²) in [4.78, 5) is 28.2. The summed E-state index contributed by atoms with van der Waals surface area (Å²) in [5.41, 5.74) is 6.01. The van der Waals surface area contributed by atoms with Crippen molar-refractivity contribution in [3.05, 3.63) is 77.4 Å². The van der Waals surface area contributed by atoms with Crippen molar-refractivity contribution in [1.82, 2.24) is 14.6 Å². The van der Waals surface area contributed by atoms with Crippen LogP contribution in [0.2, 0.25) is 0 Å². The molecule has 4 aromatic rings. The molecule has 33 heavy (non-hydrogen) atoms. The third-order valence-corrected chi connectivity index (χ3v) is 5.38. The second kappa shape index (κ2) is 9.20. The van der Waals surface area contributed by atoms with Gasteiger partial charge >= 0.3 is 0 Å². The number of carbonyl (C=O) groups excluding carboxylic acids is 2. The lowest BCUT2D eigenvalue weighted by atomic mass is 10.1. The average Bonchev–Trinajstić information content (AvgIpc) is 3.19. The first-order valence-corrected chi connectivity index (χ1v) is 10.6. The number of amides is 2. The van der Waals surface area contributed by atoms with Gasteiger partial charge in [0.2, 0.25) is 11.8 Å². The highest BCUT2D eigenvalue weighted by Crippen LogP contribution is 2.23. The number of benzene rings is 2. The molecule has 0 spiro atoms. The molecule has 0 aliphatic rings. The lowest BCUT2D eigenvalue weighted by Gasteiger charge is -2.11. The molecule has 0 radical (unpaired) electrons. The monoisotopic (exact) mass is 445 g/mol. The van der Waals surface area contributed by atoms with Crippen molar-refractivity contribution < 1.29 is 14.0 Å². The van der Waals surface area contributed by atoms with Crippen molar-refractivity contribution in [2.45, 2.75) is 33.6 Å². The van der Waals surface area contributed by atoms with Gasteiger partial charge in [-0.05, 0) is 62.2 Å².